The van der Waals surface area contributed by atoms with E-state index >= 15 is 0 Å². The van der Waals surface area contributed by atoms with E-state index in [1.807, 2.05) is 0 Å². The van der Waals surface area contributed by atoms with Crippen LogP contribution in [0, 0.1) is 0 Å². The van der Waals surface area contributed by atoms with Crippen LogP contribution in [0.2, 0.25) is 0 Å². The molecule has 0 unspecified atom stereocenters. The van der Waals surface area contributed by atoms with Crippen molar-refractivity contribution in [2.45, 2.75) is 51.9 Å². The van der Waals surface area contributed by atoms with Gasteiger partial charge in [0.25, 0.3) is 0 Å². The molecule has 0 fully saturated rings. The van der Waals surface area contributed by atoms with Crippen molar-refractivity contribution >= 4 is 40.0 Å². The number of hydrogen-bond acceptors (Lipinski definition) is 4. The van der Waals surface area contributed by atoms with E-state index in [9.17, 15) is 8.42 Å². The van der Waals surface area contributed by atoms with E-state index in [1.165, 1.54) is 25.7 Å². The summed E-state index contributed by atoms with van der Waals surface area (Å²) in [4.78, 5) is 0. The summed E-state index contributed by atoms with van der Waals surface area (Å²) in [5.41, 5.74) is 0. The van der Waals surface area contributed by atoms with Gasteiger partial charge in [-0.2, -0.15) is 8.42 Å². The first-order valence-electron chi connectivity index (χ1n) is 7.28. The fourth-order valence-electron chi connectivity index (χ4n) is 1.84. The molecule has 0 aliphatic rings. The maximum Gasteiger partial charge on any atom is 0.449 e. The van der Waals surface area contributed by atoms with Crippen LogP contribution in [0.15, 0.2) is 30.3 Å². The molecule has 0 aliphatic carbocycles. The molecule has 0 saturated carbocycles. The third kappa shape index (κ3) is 11.2. The number of benzene rings is 1. The molecule has 1 aromatic carbocycles. The third-order valence-corrected chi connectivity index (χ3v) is 3.77. The molecule has 1 rings (SSSR count). The molecule has 0 aliphatic heterocycles. The molecule has 0 aromatic heterocycles. The second-order valence-electron chi connectivity index (χ2n) is 4.75. The van der Waals surface area contributed by atoms with E-state index in [4.69, 9.17) is 8.37 Å². The summed E-state index contributed by atoms with van der Waals surface area (Å²) in [6, 6.07) is 8.37. The minimum atomic E-state index is -3.94. The molecule has 6 heteroatoms. The molecule has 0 heterocycles. The first kappa shape index (κ1) is 20.9. The van der Waals surface area contributed by atoms with Crippen LogP contribution >= 0.6 is 0 Å². The Morgan fingerprint density at radius 1 is 0.905 bits per heavy atom. The Morgan fingerprint density at radius 3 is 2.10 bits per heavy atom. The molecule has 115 valence electrons. The molecule has 0 spiro atoms. The molecule has 0 amide bonds. The van der Waals surface area contributed by atoms with E-state index in [0.29, 0.717) is 0 Å². The van der Waals surface area contributed by atoms with Gasteiger partial charge < -0.3 is 4.18 Å². The molecule has 1 aromatic rings. The average Bonchev–Trinajstić information content (AvgIpc) is 2.42. The van der Waals surface area contributed by atoms with Crippen molar-refractivity contribution in [2.24, 2.45) is 0 Å². The maximum atomic E-state index is 11.5. The van der Waals surface area contributed by atoms with Gasteiger partial charge in [0.05, 0.1) is 6.61 Å². The largest absolute Gasteiger partial charge is 0.449 e. The monoisotopic (exact) mass is 323 g/mol. The number of rotatable bonds is 11. The second-order valence-corrected chi connectivity index (χ2v) is 5.97. The minimum Gasteiger partial charge on any atom is -0.362 e. The fourth-order valence-corrected chi connectivity index (χ4v) is 2.56. The van der Waals surface area contributed by atoms with Gasteiger partial charge in [-0.1, -0.05) is 63.6 Å². The van der Waals surface area contributed by atoms with Crippen molar-refractivity contribution in [3.63, 3.8) is 0 Å². The summed E-state index contributed by atoms with van der Waals surface area (Å²) in [5.74, 6) is 0.270. The quantitative estimate of drug-likeness (QED) is 0.460. The van der Waals surface area contributed by atoms with E-state index in [1.54, 1.807) is 30.3 Å². The predicted octanol–water partition coefficient (Wildman–Crippen LogP) is 3.70. The average molecular weight is 323 g/mol. The summed E-state index contributed by atoms with van der Waals surface area (Å²) in [5, 5.41) is 0. The van der Waals surface area contributed by atoms with Gasteiger partial charge in [-0.15, -0.1) is 0 Å². The van der Waals surface area contributed by atoms with E-state index in [2.05, 4.69) is 6.92 Å². The van der Waals surface area contributed by atoms with Crippen LogP contribution in [-0.2, 0) is 14.6 Å². The maximum absolute atomic E-state index is 11.5. The Balaban J connectivity index is 0.00000400. The summed E-state index contributed by atoms with van der Waals surface area (Å²) in [6.45, 7) is 2.37. The molecule has 21 heavy (non-hydrogen) atoms. The van der Waals surface area contributed by atoms with Gasteiger partial charge in [-0.25, -0.2) is 4.18 Å². The van der Waals surface area contributed by atoms with Gasteiger partial charge in [0.2, 0.25) is 0 Å². The van der Waals surface area contributed by atoms with Gasteiger partial charge in [0.15, 0.2) is 0 Å². The van der Waals surface area contributed by atoms with Crippen LogP contribution in [0.4, 0.5) is 0 Å². The van der Waals surface area contributed by atoms with Crippen LogP contribution < -0.4 is 4.18 Å². The molecule has 4 nitrogen and oxygen atoms in total. The first-order valence-corrected chi connectivity index (χ1v) is 8.61. The number of hydrogen-bond donors (Lipinski definition) is 0. The smallest absolute Gasteiger partial charge is 0.362 e. The zero-order chi connectivity index (χ0) is 14.7. The van der Waals surface area contributed by atoms with E-state index < -0.39 is 10.4 Å². The van der Waals surface area contributed by atoms with Crippen molar-refractivity contribution < 1.29 is 16.8 Å². The van der Waals surface area contributed by atoms with Gasteiger partial charge in [-0.3, -0.25) is 0 Å². The molecule has 0 saturated heterocycles. The molecular weight excluding hydrogens is 299 g/mol. The number of unbranched alkanes of at least 4 members (excludes halogenated alkanes) is 6. The van der Waals surface area contributed by atoms with Crippen LogP contribution in [0.5, 0.6) is 5.75 Å². The van der Waals surface area contributed by atoms with Crippen LogP contribution in [0.1, 0.15) is 51.9 Å². The van der Waals surface area contributed by atoms with Crippen LogP contribution in [0.25, 0.3) is 0 Å². The second kappa shape index (κ2) is 12.5. The van der Waals surface area contributed by atoms with Crippen molar-refractivity contribution in [3.8, 4) is 5.75 Å². The Hall–Kier alpha value is -0.0700. The van der Waals surface area contributed by atoms with Crippen LogP contribution in [-0.4, -0.2) is 44.6 Å². The Labute approximate surface area is 150 Å². The molecule has 0 N–H and O–H groups in total. The fraction of sp³-hybridized carbons (Fsp3) is 0.600. The Kier molecular flexibility index (Phi) is 12.4. The normalized spacial score (nSPS) is 10.9. The van der Waals surface area contributed by atoms with Gasteiger partial charge in [-0.05, 0) is 18.6 Å². The zero-order valence-electron chi connectivity index (χ0n) is 13.1. The van der Waals surface area contributed by atoms with Crippen molar-refractivity contribution in [2.75, 3.05) is 6.61 Å². The van der Waals surface area contributed by atoms with Gasteiger partial charge in [0, 0.05) is 29.6 Å². The van der Waals surface area contributed by atoms with Crippen molar-refractivity contribution in [1.29, 1.82) is 0 Å². The minimum absolute atomic E-state index is 0. The Morgan fingerprint density at radius 2 is 1.48 bits per heavy atom. The van der Waals surface area contributed by atoms with E-state index in [-0.39, 0.29) is 41.9 Å². The molecule has 0 atom stereocenters. The standard InChI is InChI=1S/C15H24O4S.Na/c1-2-3-4-5-6-7-11-14-18-20(16,17)19-15-12-9-8-10-13-15;/h8-10,12-13H,2-7,11,14H2,1H3;. The number of para-hydroxylation sites is 1. The summed E-state index contributed by atoms with van der Waals surface area (Å²) in [6.07, 6.45) is 7.83. The van der Waals surface area contributed by atoms with Gasteiger partial charge in [0.1, 0.15) is 5.75 Å². The summed E-state index contributed by atoms with van der Waals surface area (Å²) < 4.78 is 32.7. The van der Waals surface area contributed by atoms with Crippen molar-refractivity contribution in [1.82, 2.24) is 0 Å². The topological polar surface area (TPSA) is 52.6 Å². The Bertz CT molecular complexity index is 448. The van der Waals surface area contributed by atoms with Crippen LogP contribution in [0.3, 0.4) is 0 Å². The SMILES string of the molecule is CCCCCCCCCOS(=O)(=O)Oc1ccccc1.[Na]. The first-order chi connectivity index (χ1) is 9.64. The summed E-state index contributed by atoms with van der Waals surface area (Å²) >= 11 is 0. The van der Waals surface area contributed by atoms with Gasteiger partial charge >= 0.3 is 10.4 Å². The zero-order valence-corrected chi connectivity index (χ0v) is 15.9. The molecule has 0 bridgehead atoms. The molecular formula is C15H24NaO4S. The third-order valence-electron chi connectivity index (χ3n) is 2.92. The molecule has 1 radical (unpaired) electrons. The predicted molar refractivity (Wildman–Crippen MR) is 85.7 cm³/mol. The van der Waals surface area contributed by atoms with E-state index in [0.717, 1.165) is 19.3 Å². The summed E-state index contributed by atoms with van der Waals surface area (Å²) in [7, 11) is -3.94. The van der Waals surface area contributed by atoms with Crippen molar-refractivity contribution in [3.05, 3.63) is 30.3 Å².